The maximum atomic E-state index is 13.6. The Kier molecular flexibility index (Phi) is 5.93. The number of thiophene rings is 1. The first-order chi connectivity index (χ1) is 16.9. The highest BCUT2D eigenvalue weighted by atomic mass is 32.1. The molecule has 5 aromatic rings. The number of hydrogen-bond donors (Lipinski definition) is 2. The van der Waals surface area contributed by atoms with Crippen molar-refractivity contribution in [2.24, 2.45) is 0 Å². The molecule has 5 nitrogen and oxygen atoms in total. The number of nitrogens with two attached hydrogens (primary N) is 1. The summed E-state index contributed by atoms with van der Waals surface area (Å²) in [7, 11) is 1.62. The van der Waals surface area contributed by atoms with E-state index in [4.69, 9.17) is 15.5 Å². The van der Waals surface area contributed by atoms with E-state index < -0.39 is 11.7 Å². The standard InChI is InChI=1S/C28H22FN3O2S/c1-16-6-8-18(9-7-16)23-15-22(17-10-12-21(34-2)13-11-17)24-25(30)26(35-28(24)32-23)27(33)31-20-5-3-4-19(29)14-20/h3-15H,30H2,1-2H3,(H,31,33). The number of rotatable bonds is 5. The predicted molar refractivity (Wildman–Crippen MR) is 141 cm³/mol. The van der Waals surface area contributed by atoms with Crippen LogP contribution in [0.25, 0.3) is 32.6 Å². The second-order valence-corrected chi connectivity index (χ2v) is 9.14. The normalized spacial score (nSPS) is 10.9. The van der Waals surface area contributed by atoms with Gasteiger partial charge in [0.2, 0.25) is 0 Å². The lowest BCUT2D eigenvalue weighted by Gasteiger charge is -2.10. The smallest absolute Gasteiger partial charge is 0.267 e. The molecule has 1 amide bonds. The second-order valence-electron chi connectivity index (χ2n) is 8.14. The maximum Gasteiger partial charge on any atom is 0.267 e. The number of halogens is 1. The van der Waals surface area contributed by atoms with Crippen LogP contribution in [0, 0.1) is 12.7 Å². The Morgan fingerprint density at radius 1 is 1.00 bits per heavy atom. The number of aromatic nitrogens is 1. The zero-order chi connectivity index (χ0) is 24.5. The minimum Gasteiger partial charge on any atom is -0.497 e. The lowest BCUT2D eigenvalue weighted by molar-refractivity contribution is 0.103. The molecule has 2 aromatic heterocycles. The molecule has 2 heterocycles. The Bertz CT molecular complexity index is 1540. The van der Waals surface area contributed by atoms with Crippen LogP contribution >= 0.6 is 11.3 Å². The minimum absolute atomic E-state index is 0.326. The number of fused-ring (bicyclic) bond motifs is 1. The fraction of sp³-hybridized carbons (Fsp3) is 0.0714. The third kappa shape index (κ3) is 4.46. The van der Waals surface area contributed by atoms with Crippen molar-refractivity contribution in [2.75, 3.05) is 18.2 Å². The third-order valence-corrected chi connectivity index (χ3v) is 6.83. The topological polar surface area (TPSA) is 77.2 Å². The van der Waals surface area contributed by atoms with Crippen LogP contribution < -0.4 is 15.8 Å². The van der Waals surface area contributed by atoms with Gasteiger partial charge in [-0.1, -0.05) is 48.0 Å². The highest BCUT2D eigenvalue weighted by Crippen LogP contribution is 2.42. The summed E-state index contributed by atoms with van der Waals surface area (Å²) in [6.07, 6.45) is 0. The van der Waals surface area contributed by atoms with E-state index in [1.165, 1.54) is 29.5 Å². The maximum absolute atomic E-state index is 13.6. The minimum atomic E-state index is -0.432. The molecule has 7 heteroatoms. The number of amides is 1. The van der Waals surface area contributed by atoms with Crippen LogP contribution in [0.2, 0.25) is 0 Å². The monoisotopic (exact) mass is 483 g/mol. The fourth-order valence-electron chi connectivity index (χ4n) is 3.91. The van der Waals surface area contributed by atoms with E-state index in [0.29, 0.717) is 26.5 Å². The highest BCUT2D eigenvalue weighted by Gasteiger charge is 2.22. The zero-order valence-corrected chi connectivity index (χ0v) is 19.9. The van der Waals surface area contributed by atoms with Crippen molar-refractivity contribution in [3.63, 3.8) is 0 Å². The van der Waals surface area contributed by atoms with Crippen LogP contribution in [-0.4, -0.2) is 18.0 Å². The van der Waals surface area contributed by atoms with Gasteiger partial charge in [-0.05, 0) is 54.4 Å². The van der Waals surface area contributed by atoms with Gasteiger partial charge in [-0.3, -0.25) is 4.79 Å². The molecule has 174 valence electrons. The molecule has 0 radical (unpaired) electrons. The number of aryl methyl sites for hydroxylation is 1. The molecule has 0 aliphatic heterocycles. The Labute approximate surface area is 206 Å². The molecule has 0 spiro atoms. The number of anilines is 2. The van der Waals surface area contributed by atoms with E-state index >= 15 is 0 Å². The van der Waals surface area contributed by atoms with Gasteiger partial charge in [0, 0.05) is 16.6 Å². The summed E-state index contributed by atoms with van der Waals surface area (Å²) in [5, 5.41) is 3.44. The molecule has 5 rings (SSSR count). The van der Waals surface area contributed by atoms with Gasteiger partial charge >= 0.3 is 0 Å². The molecule has 3 N–H and O–H groups in total. The van der Waals surface area contributed by atoms with Gasteiger partial charge in [-0.2, -0.15) is 0 Å². The molecule has 0 unspecified atom stereocenters. The van der Waals surface area contributed by atoms with Gasteiger partial charge < -0.3 is 15.8 Å². The quantitative estimate of drug-likeness (QED) is 0.284. The lowest BCUT2D eigenvalue weighted by atomic mass is 9.99. The number of nitrogen functional groups attached to an aromatic ring is 1. The van der Waals surface area contributed by atoms with Crippen molar-refractivity contribution in [1.29, 1.82) is 0 Å². The predicted octanol–water partition coefficient (Wildman–Crippen LogP) is 6.92. The van der Waals surface area contributed by atoms with Crippen LogP contribution in [0.1, 0.15) is 15.2 Å². The number of pyridine rings is 1. The van der Waals surface area contributed by atoms with Crippen molar-refractivity contribution in [3.8, 4) is 28.1 Å². The first-order valence-electron chi connectivity index (χ1n) is 10.9. The zero-order valence-electron chi connectivity index (χ0n) is 19.1. The molecule has 0 bridgehead atoms. The number of nitrogens with zero attached hydrogens (tertiary/aromatic N) is 1. The summed E-state index contributed by atoms with van der Waals surface area (Å²) < 4.78 is 18.9. The van der Waals surface area contributed by atoms with E-state index in [0.717, 1.165) is 33.7 Å². The van der Waals surface area contributed by atoms with Gasteiger partial charge in [0.25, 0.3) is 5.91 Å². The van der Waals surface area contributed by atoms with Crippen LogP contribution in [0.15, 0.2) is 78.9 Å². The summed E-state index contributed by atoms with van der Waals surface area (Å²) in [5.41, 5.74) is 11.9. The Balaban J connectivity index is 1.66. The first-order valence-corrected chi connectivity index (χ1v) is 11.8. The van der Waals surface area contributed by atoms with Crippen LogP contribution in [0.4, 0.5) is 15.8 Å². The number of methoxy groups -OCH3 is 1. The molecule has 3 aromatic carbocycles. The number of nitrogens with one attached hydrogen (secondary N) is 1. The Hall–Kier alpha value is -4.23. The molecule has 0 saturated carbocycles. The number of carbonyl (C=O) groups is 1. The lowest BCUT2D eigenvalue weighted by Crippen LogP contribution is -2.12. The van der Waals surface area contributed by atoms with E-state index in [9.17, 15) is 9.18 Å². The molecule has 0 fully saturated rings. The Morgan fingerprint density at radius 2 is 1.71 bits per heavy atom. The Morgan fingerprint density at radius 3 is 2.40 bits per heavy atom. The van der Waals surface area contributed by atoms with E-state index in [1.807, 2.05) is 61.5 Å². The summed E-state index contributed by atoms with van der Waals surface area (Å²) in [6, 6.07) is 23.5. The number of carbonyl (C=O) groups excluding carboxylic acids is 1. The van der Waals surface area contributed by atoms with Gasteiger partial charge in [0.1, 0.15) is 21.3 Å². The van der Waals surface area contributed by atoms with Crippen LogP contribution in [0.3, 0.4) is 0 Å². The SMILES string of the molecule is COc1ccc(-c2cc(-c3ccc(C)cc3)nc3sc(C(=O)Nc4cccc(F)c4)c(N)c23)cc1. The molecule has 0 atom stereocenters. The van der Waals surface area contributed by atoms with Gasteiger partial charge in [-0.25, -0.2) is 9.37 Å². The van der Waals surface area contributed by atoms with E-state index in [2.05, 4.69) is 5.32 Å². The van der Waals surface area contributed by atoms with Gasteiger partial charge in [0.05, 0.1) is 18.5 Å². The van der Waals surface area contributed by atoms with Crippen molar-refractivity contribution in [2.45, 2.75) is 6.92 Å². The largest absolute Gasteiger partial charge is 0.497 e. The number of hydrogen-bond acceptors (Lipinski definition) is 5. The van der Waals surface area contributed by atoms with Gasteiger partial charge in [-0.15, -0.1) is 11.3 Å². The van der Waals surface area contributed by atoms with Crippen LogP contribution in [-0.2, 0) is 0 Å². The average Bonchev–Trinajstić information content (AvgIpc) is 3.20. The van der Waals surface area contributed by atoms with Crippen LogP contribution in [0.5, 0.6) is 5.75 Å². The van der Waals surface area contributed by atoms with Crippen molar-refractivity contribution in [1.82, 2.24) is 4.98 Å². The van der Waals surface area contributed by atoms with Gasteiger partial charge in [0.15, 0.2) is 0 Å². The first kappa shape index (κ1) is 22.6. The molecule has 0 aliphatic rings. The van der Waals surface area contributed by atoms with Crippen molar-refractivity contribution < 1.29 is 13.9 Å². The summed E-state index contributed by atoms with van der Waals surface area (Å²) >= 11 is 1.22. The molecular formula is C28H22FN3O2S. The van der Waals surface area contributed by atoms with E-state index in [1.54, 1.807) is 13.2 Å². The fourth-order valence-corrected chi connectivity index (χ4v) is 4.93. The summed E-state index contributed by atoms with van der Waals surface area (Å²) in [5.74, 6) is -0.0989. The summed E-state index contributed by atoms with van der Waals surface area (Å²) in [4.78, 5) is 18.9. The van der Waals surface area contributed by atoms with Crippen molar-refractivity contribution in [3.05, 3.63) is 95.1 Å². The highest BCUT2D eigenvalue weighted by molar-refractivity contribution is 7.21. The molecular weight excluding hydrogens is 461 g/mol. The number of benzene rings is 3. The molecule has 0 aliphatic carbocycles. The molecule has 35 heavy (non-hydrogen) atoms. The van der Waals surface area contributed by atoms with E-state index in [-0.39, 0.29) is 0 Å². The van der Waals surface area contributed by atoms with Crippen molar-refractivity contribution >= 4 is 38.8 Å². The molecule has 0 saturated heterocycles. The summed E-state index contributed by atoms with van der Waals surface area (Å²) in [6.45, 7) is 2.03. The third-order valence-electron chi connectivity index (χ3n) is 5.74. The average molecular weight is 484 g/mol. The second kappa shape index (κ2) is 9.19. The number of ether oxygens (including phenoxy) is 1.